The van der Waals surface area contributed by atoms with E-state index in [9.17, 15) is 0 Å². The van der Waals surface area contributed by atoms with E-state index >= 15 is 0 Å². The predicted octanol–water partition coefficient (Wildman–Crippen LogP) is 4.43. The van der Waals surface area contributed by atoms with Crippen LogP contribution in [0.2, 0.25) is 0 Å². The predicted molar refractivity (Wildman–Crippen MR) is 76.4 cm³/mol. The number of benzene rings is 1. The van der Waals surface area contributed by atoms with Crippen LogP contribution >= 0.6 is 15.9 Å². The van der Waals surface area contributed by atoms with E-state index in [1.807, 2.05) is 25.1 Å². The van der Waals surface area contributed by atoms with Crippen molar-refractivity contribution in [3.8, 4) is 5.75 Å². The van der Waals surface area contributed by atoms with Gasteiger partial charge in [0.05, 0.1) is 6.61 Å². The van der Waals surface area contributed by atoms with E-state index in [2.05, 4.69) is 22.9 Å². The lowest BCUT2D eigenvalue weighted by Crippen LogP contribution is -2.06. The maximum Gasteiger partial charge on any atom is 0.120 e. The Morgan fingerprint density at radius 2 is 2.06 bits per heavy atom. The minimum atomic E-state index is 0.0444. The third-order valence-electron chi connectivity index (χ3n) is 2.73. The van der Waals surface area contributed by atoms with Crippen molar-refractivity contribution in [2.75, 3.05) is 6.61 Å². The Labute approximate surface area is 113 Å². The molecule has 0 aliphatic rings. The molecule has 3 heteroatoms. The van der Waals surface area contributed by atoms with Gasteiger partial charge in [0, 0.05) is 10.5 Å². The molecule has 96 valence electrons. The van der Waals surface area contributed by atoms with Crippen molar-refractivity contribution in [1.29, 1.82) is 0 Å². The van der Waals surface area contributed by atoms with Crippen LogP contribution in [0.15, 0.2) is 22.7 Å². The maximum absolute atomic E-state index is 5.85. The van der Waals surface area contributed by atoms with Gasteiger partial charge >= 0.3 is 0 Å². The highest BCUT2D eigenvalue weighted by molar-refractivity contribution is 9.10. The third kappa shape index (κ3) is 5.09. The molecule has 0 aromatic heterocycles. The van der Waals surface area contributed by atoms with Gasteiger partial charge in [-0.15, -0.1) is 0 Å². The zero-order valence-corrected chi connectivity index (χ0v) is 12.3. The van der Waals surface area contributed by atoms with Crippen molar-refractivity contribution in [1.82, 2.24) is 0 Å². The second kappa shape index (κ2) is 7.72. The molecule has 0 bridgehead atoms. The second-order valence-corrected chi connectivity index (χ2v) is 5.24. The van der Waals surface area contributed by atoms with Crippen LogP contribution in [-0.2, 0) is 0 Å². The molecule has 0 fully saturated rings. The number of hydrogen-bond donors (Lipinski definition) is 1. The smallest absolute Gasteiger partial charge is 0.120 e. The first-order chi connectivity index (χ1) is 8.15. The molecule has 1 atom stereocenters. The molecule has 1 aromatic carbocycles. The van der Waals surface area contributed by atoms with Gasteiger partial charge < -0.3 is 10.5 Å². The van der Waals surface area contributed by atoms with Gasteiger partial charge in [-0.25, -0.2) is 0 Å². The van der Waals surface area contributed by atoms with Crippen LogP contribution in [0.4, 0.5) is 0 Å². The average molecular weight is 300 g/mol. The van der Waals surface area contributed by atoms with Crippen molar-refractivity contribution in [3.05, 3.63) is 28.2 Å². The summed E-state index contributed by atoms with van der Waals surface area (Å²) in [6.07, 6.45) is 4.92. The summed E-state index contributed by atoms with van der Waals surface area (Å²) in [6.45, 7) is 4.99. The van der Waals surface area contributed by atoms with E-state index in [0.717, 1.165) is 28.8 Å². The van der Waals surface area contributed by atoms with Crippen LogP contribution in [0.5, 0.6) is 5.75 Å². The molecule has 0 aliphatic heterocycles. The quantitative estimate of drug-likeness (QED) is 0.756. The summed E-state index contributed by atoms with van der Waals surface area (Å²) in [5, 5.41) is 0. The van der Waals surface area contributed by atoms with Gasteiger partial charge in [-0.05, 0) is 31.0 Å². The Bertz CT molecular complexity index is 339. The van der Waals surface area contributed by atoms with Crippen LogP contribution in [0, 0.1) is 0 Å². The maximum atomic E-state index is 5.85. The van der Waals surface area contributed by atoms with Crippen LogP contribution in [0.25, 0.3) is 0 Å². The van der Waals surface area contributed by atoms with E-state index in [-0.39, 0.29) is 6.04 Å². The minimum Gasteiger partial charge on any atom is -0.494 e. The van der Waals surface area contributed by atoms with Gasteiger partial charge in [-0.1, -0.05) is 48.2 Å². The minimum absolute atomic E-state index is 0.0444. The Balaban J connectivity index is 2.42. The lowest BCUT2D eigenvalue weighted by atomic mass is 10.1. The highest BCUT2D eigenvalue weighted by atomic mass is 79.9. The molecule has 1 aromatic rings. The number of rotatable bonds is 7. The first-order valence-electron chi connectivity index (χ1n) is 6.33. The van der Waals surface area contributed by atoms with Gasteiger partial charge in [0.1, 0.15) is 5.75 Å². The van der Waals surface area contributed by atoms with E-state index in [1.54, 1.807) is 0 Å². The number of hydrogen-bond acceptors (Lipinski definition) is 2. The average Bonchev–Trinajstić information content (AvgIpc) is 2.28. The number of unbranched alkanes of at least 4 members (excludes halogenated alkanes) is 3. The monoisotopic (exact) mass is 299 g/mol. The molecule has 0 radical (unpaired) electrons. The Morgan fingerprint density at radius 1 is 1.29 bits per heavy atom. The largest absolute Gasteiger partial charge is 0.494 e. The van der Waals surface area contributed by atoms with Gasteiger partial charge in [0.2, 0.25) is 0 Å². The zero-order valence-electron chi connectivity index (χ0n) is 10.7. The molecule has 0 heterocycles. The van der Waals surface area contributed by atoms with Crippen molar-refractivity contribution in [3.63, 3.8) is 0 Å². The van der Waals surface area contributed by atoms with Crippen molar-refractivity contribution in [2.24, 2.45) is 5.73 Å². The molecule has 0 saturated carbocycles. The fourth-order valence-electron chi connectivity index (χ4n) is 1.69. The summed E-state index contributed by atoms with van der Waals surface area (Å²) in [5.74, 6) is 0.915. The SMILES string of the molecule is CCCCCCOc1ccc([C@@H](C)N)c(Br)c1. The summed E-state index contributed by atoms with van der Waals surface area (Å²) in [5.41, 5.74) is 6.96. The first kappa shape index (κ1) is 14.5. The van der Waals surface area contributed by atoms with Crippen LogP contribution in [0.1, 0.15) is 51.1 Å². The summed E-state index contributed by atoms with van der Waals surface area (Å²) in [4.78, 5) is 0. The fourth-order valence-corrected chi connectivity index (χ4v) is 2.40. The topological polar surface area (TPSA) is 35.2 Å². The molecule has 0 amide bonds. The molecule has 0 aliphatic carbocycles. The van der Waals surface area contributed by atoms with Gasteiger partial charge in [-0.3, -0.25) is 0 Å². The van der Waals surface area contributed by atoms with E-state index in [0.29, 0.717) is 0 Å². The molecule has 0 spiro atoms. The molecule has 0 saturated heterocycles. The van der Waals surface area contributed by atoms with Crippen LogP contribution in [0.3, 0.4) is 0 Å². The normalized spacial score (nSPS) is 12.5. The van der Waals surface area contributed by atoms with Crippen LogP contribution < -0.4 is 10.5 Å². The number of halogens is 1. The van der Waals surface area contributed by atoms with Crippen LogP contribution in [-0.4, -0.2) is 6.61 Å². The van der Waals surface area contributed by atoms with Crippen molar-refractivity contribution >= 4 is 15.9 Å². The highest BCUT2D eigenvalue weighted by Crippen LogP contribution is 2.26. The van der Waals surface area contributed by atoms with Gasteiger partial charge in [-0.2, -0.15) is 0 Å². The highest BCUT2D eigenvalue weighted by Gasteiger charge is 2.05. The van der Waals surface area contributed by atoms with Crippen molar-refractivity contribution < 1.29 is 4.74 Å². The standard InChI is InChI=1S/C14H22BrNO/c1-3-4-5-6-9-17-12-7-8-13(11(2)16)14(15)10-12/h7-8,10-11H,3-6,9,16H2,1-2H3/t11-/m1/s1. The fraction of sp³-hybridized carbons (Fsp3) is 0.571. The van der Waals surface area contributed by atoms with Crippen molar-refractivity contribution in [2.45, 2.75) is 45.6 Å². The summed E-state index contributed by atoms with van der Waals surface area (Å²) < 4.78 is 6.72. The molecular weight excluding hydrogens is 278 g/mol. The lowest BCUT2D eigenvalue weighted by molar-refractivity contribution is 0.305. The Morgan fingerprint density at radius 3 is 2.65 bits per heavy atom. The molecule has 2 nitrogen and oxygen atoms in total. The van der Waals surface area contributed by atoms with Gasteiger partial charge in [0.15, 0.2) is 0 Å². The Kier molecular flexibility index (Phi) is 6.60. The summed E-state index contributed by atoms with van der Waals surface area (Å²) in [6, 6.07) is 6.06. The Hall–Kier alpha value is -0.540. The summed E-state index contributed by atoms with van der Waals surface area (Å²) in [7, 11) is 0. The second-order valence-electron chi connectivity index (χ2n) is 4.38. The van der Waals surface area contributed by atoms with E-state index < -0.39 is 0 Å². The first-order valence-corrected chi connectivity index (χ1v) is 7.12. The number of nitrogens with two attached hydrogens (primary N) is 1. The molecule has 1 rings (SSSR count). The molecule has 17 heavy (non-hydrogen) atoms. The third-order valence-corrected chi connectivity index (χ3v) is 3.42. The van der Waals surface area contributed by atoms with E-state index in [4.69, 9.17) is 10.5 Å². The van der Waals surface area contributed by atoms with E-state index in [1.165, 1.54) is 19.3 Å². The number of ether oxygens (including phenoxy) is 1. The molecular formula is C14H22BrNO. The van der Waals surface area contributed by atoms with Gasteiger partial charge in [0.25, 0.3) is 0 Å². The zero-order chi connectivity index (χ0) is 12.7. The summed E-state index contributed by atoms with van der Waals surface area (Å²) >= 11 is 3.52. The molecule has 0 unspecified atom stereocenters. The molecule has 2 N–H and O–H groups in total. The lowest BCUT2D eigenvalue weighted by Gasteiger charge is -2.11.